The lowest BCUT2D eigenvalue weighted by Gasteiger charge is -2.32. The second-order valence-corrected chi connectivity index (χ2v) is 5.79. The van der Waals surface area contributed by atoms with Crippen LogP contribution >= 0.6 is 0 Å². The minimum Gasteiger partial charge on any atom is -0.396 e. The molecular weight excluding hydrogens is 186 g/mol. The third kappa shape index (κ3) is 1.62. The first-order valence-electron chi connectivity index (χ1n) is 6.74. The zero-order valence-corrected chi connectivity index (χ0v) is 9.49. The maximum atomic E-state index is 8.78. The highest BCUT2D eigenvalue weighted by molar-refractivity contribution is 5.05. The van der Waals surface area contributed by atoms with Crippen molar-refractivity contribution in [2.24, 2.45) is 23.7 Å². The zero-order valence-electron chi connectivity index (χ0n) is 9.49. The van der Waals surface area contributed by atoms with Gasteiger partial charge in [-0.05, 0) is 62.3 Å². The smallest absolute Gasteiger partial charge is 0.0443 e. The summed E-state index contributed by atoms with van der Waals surface area (Å²) in [5.41, 5.74) is 0. The molecule has 2 N–H and O–H groups in total. The van der Waals surface area contributed by atoms with Gasteiger partial charge in [0.15, 0.2) is 0 Å². The SMILES string of the molecule is OCCCN[C@H]1C[C@H]2C[C@H]1[C@H]1CCC[C@@H]21. The van der Waals surface area contributed by atoms with E-state index in [0.29, 0.717) is 6.61 Å². The largest absolute Gasteiger partial charge is 0.396 e. The summed E-state index contributed by atoms with van der Waals surface area (Å²) >= 11 is 0. The number of hydrogen-bond acceptors (Lipinski definition) is 2. The van der Waals surface area contributed by atoms with Crippen molar-refractivity contribution in [3.05, 3.63) is 0 Å². The molecule has 2 nitrogen and oxygen atoms in total. The van der Waals surface area contributed by atoms with E-state index >= 15 is 0 Å². The molecule has 0 aromatic heterocycles. The van der Waals surface area contributed by atoms with E-state index in [1.807, 2.05) is 0 Å². The Balaban J connectivity index is 1.56. The quantitative estimate of drug-likeness (QED) is 0.692. The lowest BCUT2D eigenvalue weighted by Crippen LogP contribution is -2.39. The van der Waals surface area contributed by atoms with E-state index in [4.69, 9.17) is 5.11 Å². The van der Waals surface area contributed by atoms with Crippen LogP contribution < -0.4 is 5.32 Å². The monoisotopic (exact) mass is 209 g/mol. The topological polar surface area (TPSA) is 32.3 Å². The van der Waals surface area contributed by atoms with Crippen molar-refractivity contribution in [1.82, 2.24) is 5.32 Å². The molecule has 5 atom stereocenters. The van der Waals surface area contributed by atoms with Crippen molar-refractivity contribution >= 4 is 0 Å². The zero-order chi connectivity index (χ0) is 10.3. The van der Waals surface area contributed by atoms with Gasteiger partial charge in [0.1, 0.15) is 0 Å². The molecule has 0 heterocycles. The van der Waals surface area contributed by atoms with E-state index < -0.39 is 0 Å². The molecule has 3 aliphatic rings. The predicted octanol–water partition coefficient (Wildman–Crippen LogP) is 1.78. The fourth-order valence-corrected chi connectivity index (χ4v) is 4.67. The molecule has 86 valence electrons. The fraction of sp³-hybridized carbons (Fsp3) is 1.00. The first-order chi connectivity index (χ1) is 7.40. The first-order valence-corrected chi connectivity index (χ1v) is 6.74. The van der Waals surface area contributed by atoms with E-state index in [0.717, 1.165) is 42.7 Å². The summed E-state index contributed by atoms with van der Waals surface area (Å²) in [6.45, 7) is 1.35. The van der Waals surface area contributed by atoms with Crippen LogP contribution in [0.15, 0.2) is 0 Å². The highest BCUT2D eigenvalue weighted by Gasteiger charge is 2.53. The van der Waals surface area contributed by atoms with Gasteiger partial charge >= 0.3 is 0 Å². The molecule has 3 saturated carbocycles. The molecule has 0 radical (unpaired) electrons. The lowest BCUT2D eigenvalue weighted by atomic mass is 9.79. The summed E-state index contributed by atoms with van der Waals surface area (Å²) in [6, 6.07) is 0.792. The van der Waals surface area contributed by atoms with Crippen LogP contribution in [0.2, 0.25) is 0 Å². The van der Waals surface area contributed by atoms with Crippen LogP contribution in [0, 0.1) is 23.7 Å². The minimum absolute atomic E-state index is 0.333. The Morgan fingerprint density at radius 2 is 1.93 bits per heavy atom. The normalized spacial score (nSPS) is 47.4. The van der Waals surface area contributed by atoms with Crippen molar-refractivity contribution in [2.45, 2.75) is 44.6 Å². The van der Waals surface area contributed by atoms with Gasteiger partial charge in [-0.25, -0.2) is 0 Å². The van der Waals surface area contributed by atoms with Gasteiger partial charge in [-0.1, -0.05) is 6.42 Å². The van der Waals surface area contributed by atoms with Gasteiger partial charge in [-0.3, -0.25) is 0 Å². The van der Waals surface area contributed by atoms with E-state index in [9.17, 15) is 0 Å². The molecule has 0 saturated heterocycles. The molecule has 2 bridgehead atoms. The van der Waals surface area contributed by atoms with Crippen molar-refractivity contribution in [1.29, 1.82) is 0 Å². The van der Waals surface area contributed by atoms with Crippen LogP contribution in [-0.4, -0.2) is 24.3 Å². The molecule has 3 rings (SSSR count). The van der Waals surface area contributed by atoms with E-state index in [-0.39, 0.29) is 0 Å². The van der Waals surface area contributed by atoms with Crippen molar-refractivity contribution in [2.75, 3.05) is 13.2 Å². The first kappa shape index (κ1) is 10.1. The fourth-order valence-electron chi connectivity index (χ4n) is 4.67. The highest BCUT2D eigenvalue weighted by Crippen LogP contribution is 2.58. The minimum atomic E-state index is 0.333. The molecule has 0 aromatic carbocycles. The Bertz CT molecular complexity index is 231. The average Bonchev–Trinajstić information content (AvgIpc) is 2.89. The second kappa shape index (κ2) is 4.06. The maximum absolute atomic E-state index is 8.78. The third-order valence-corrected chi connectivity index (χ3v) is 5.17. The molecule has 3 fully saturated rings. The number of hydrogen-bond donors (Lipinski definition) is 2. The van der Waals surface area contributed by atoms with Crippen LogP contribution in [0.3, 0.4) is 0 Å². The van der Waals surface area contributed by atoms with Crippen molar-refractivity contribution in [3.63, 3.8) is 0 Å². The van der Waals surface area contributed by atoms with Gasteiger partial charge < -0.3 is 10.4 Å². The van der Waals surface area contributed by atoms with Crippen LogP contribution in [0.1, 0.15) is 38.5 Å². The molecule has 0 spiro atoms. The molecule has 0 aliphatic heterocycles. The molecule has 15 heavy (non-hydrogen) atoms. The maximum Gasteiger partial charge on any atom is 0.0443 e. The van der Waals surface area contributed by atoms with Crippen LogP contribution in [0.4, 0.5) is 0 Å². The number of nitrogens with one attached hydrogen (secondary N) is 1. The lowest BCUT2D eigenvalue weighted by molar-refractivity contribution is 0.204. The van der Waals surface area contributed by atoms with Crippen LogP contribution in [0.25, 0.3) is 0 Å². The number of rotatable bonds is 4. The van der Waals surface area contributed by atoms with Crippen LogP contribution in [-0.2, 0) is 0 Å². The summed E-state index contributed by atoms with van der Waals surface area (Å²) in [4.78, 5) is 0. The summed E-state index contributed by atoms with van der Waals surface area (Å²) in [5.74, 6) is 4.21. The summed E-state index contributed by atoms with van der Waals surface area (Å²) in [5, 5.41) is 12.4. The molecule has 3 aliphatic carbocycles. The highest BCUT2D eigenvalue weighted by atomic mass is 16.3. The van der Waals surface area contributed by atoms with Gasteiger partial charge in [-0.2, -0.15) is 0 Å². The van der Waals surface area contributed by atoms with Gasteiger partial charge in [0.2, 0.25) is 0 Å². The summed E-state index contributed by atoms with van der Waals surface area (Å²) in [6.07, 6.45) is 8.37. The van der Waals surface area contributed by atoms with Gasteiger partial charge in [-0.15, -0.1) is 0 Å². The third-order valence-electron chi connectivity index (χ3n) is 5.17. The number of aliphatic hydroxyl groups excluding tert-OH is 1. The summed E-state index contributed by atoms with van der Waals surface area (Å²) in [7, 11) is 0. The van der Waals surface area contributed by atoms with Crippen molar-refractivity contribution < 1.29 is 5.11 Å². The second-order valence-electron chi connectivity index (χ2n) is 5.79. The molecule has 0 unspecified atom stereocenters. The van der Waals surface area contributed by atoms with Gasteiger partial charge in [0.05, 0.1) is 0 Å². The number of fused-ring (bicyclic) bond motifs is 5. The molecule has 0 amide bonds. The van der Waals surface area contributed by atoms with E-state index in [1.165, 1.54) is 32.1 Å². The summed E-state index contributed by atoms with van der Waals surface area (Å²) < 4.78 is 0. The van der Waals surface area contributed by atoms with Gasteiger partial charge in [0.25, 0.3) is 0 Å². The Labute approximate surface area is 92.4 Å². The average molecular weight is 209 g/mol. The van der Waals surface area contributed by atoms with Gasteiger partial charge in [0, 0.05) is 12.6 Å². The Morgan fingerprint density at radius 1 is 1.07 bits per heavy atom. The predicted molar refractivity (Wildman–Crippen MR) is 60.5 cm³/mol. The standard InChI is InChI=1S/C13H23NO/c15-6-2-5-14-13-8-9-7-12(13)11-4-1-3-10(9)11/h9-15H,1-8H2/t9-,10+,11+,12+,13+/m1/s1. The molecule has 2 heteroatoms. The molecular formula is C13H23NO. The molecule has 0 aromatic rings. The van der Waals surface area contributed by atoms with E-state index in [1.54, 1.807) is 0 Å². The van der Waals surface area contributed by atoms with E-state index in [2.05, 4.69) is 5.32 Å². The Hall–Kier alpha value is -0.0800. The van der Waals surface area contributed by atoms with Crippen molar-refractivity contribution in [3.8, 4) is 0 Å². The number of aliphatic hydroxyl groups is 1. The Kier molecular flexibility index (Phi) is 2.73. The van der Waals surface area contributed by atoms with Crippen LogP contribution in [0.5, 0.6) is 0 Å². The Morgan fingerprint density at radius 3 is 2.80 bits per heavy atom.